The second kappa shape index (κ2) is 6.42. The maximum Gasteiger partial charge on any atom is 0.272 e. The molecule has 0 spiro atoms. The number of fused-ring (bicyclic) bond motifs is 5. The van der Waals surface area contributed by atoms with Crippen molar-refractivity contribution in [2.45, 2.75) is 11.1 Å². The number of rotatable bonds is 2. The van der Waals surface area contributed by atoms with E-state index < -0.39 is 10.0 Å². The van der Waals surface area contributed by atoms with E-state index >= 15 is 0 Å². The van der Waals surface area contributed by atoms with Gasteiger partial charge in [0, 0.05) is 37.4 Å². The zero-order valence-electron chi connectivity index (χ0n) is 15.2. The van der Waals surface area contributed by atoms with Crippen molar-refractivity contribution in [1.82, 2.24) is 0 Å². The van der Waals surface area contributed by atoms with Gasteiger partial charge in [0.15, 0.2) is 5.78 Å². The second-order valence-electron chi connectivity index (χ2n) is 6.94. The van der Waals surface area contributed by atoms with Gasteiger partial charge in [-0.2, -0.15) is 0 Å². The summed E-state index contributed by atoms with van der Waals surface area (Å²) in [4.78, 5) is 13.2. The van der Waals surface area contributed by atoms with Crippen molar-refractivity contribution in [3.63, 3.8) is 0 Å². The number of sulfonamides is 1. The normalized spacial score (nSPS) is 14.1. The minimum Gasteiger partial charge on any atom is -0.289 e. The standard InChI is InChI=1S/C22H14ClNO3S2/c1-12-7-8-18-15(9-12)19-16-10-14(23)11-17(21(25)13-5-3-2-4-6-13)20(16)24-29(26,27)22(19)28-18/h2-11,24H,1H3. The fourth-order valence-corrected chi connectivity index (χ4v) is 6.70. The van der Waals surface area contributed by atoms with Crippen LogP contribution in [0, 0.1) is 6.92 Å². The first kappa shape index (κ1) is 18.4. The van der Waals surface area contributed by atoms with Crippen molar-refractivity contribution >= 4 is 54.5 Å². The van der Waals surface area contributed by atoms with Gasteiger partial charge in [-0.3, -0.25) is 9.52 Å². The molecule has 0 aliphatic carbocycles. The monoisotopic (exact) mass is 439 g/mol. The molecule has 1 aliphatic heterocycles. The number of benzene rings is 3. The highest BCUT2D eigenvalue weighted by Crippen LogP contribution is 2.50. The summed E-state index contributed by atoms with van der Waals surface area (Å²) in [5, 5.41) is 1.22. The molecule has 4 nitrogen and oxygen atoms in total. The molecule has 0 unspecified atom stereocenters. The van der Waals surface area contributed by atoms with E-state index in [9.17, 15) is 13.2 Å². The molecule has 1 aliphatic rings. The van der Waals surface area contributed by atoms with E-state index in [4.69, 9.17) is 11.6 Å². The third kappa shape index (κ3) is 2.87. The number of carbonyl (C=O) groups is 1. The second-order valence-corrected chi connectivity index (χ2v) is 10.3. The van der Waals surface area contributed by atoms with Gasteiger partial charge in [0.2, 0.25) is 0 Å². The van der Waals surface area contributed by atoms with Crippen LogP contribution in [0.4, 0.5) is 5.69 Å². The van der Waals surface area contributed by atoms with Crippen molar-refractivity contribution in [2.75, 3.05) is 4.72 Å². The minimum absolute atomic E-state index is 0.236. The number of ketones is 1. The molecule has 0 fully saturated rings. The first-order chi connectivity index (χ1) is 13.8. The summed E-state index contributed by atoms with van der Waals surface area (Å²) in [6, 6.07) is 17.8. The highest BCUT2D eigenvalue weighted by atomic mass is 35.5. The highest BCUT2D eigenvalue weighted by molar-refractivity contribution is 7.95. The maximum atomic E-state index is 13.2. The minimum atomic E-state index is -3.81. The van der Waals surface area contributed by atoms with Crippen molar-refractivity contribution in [2.24, 2.45) is 0 Å². The van der Waals surface area contributed by atoms with Crippen LogP contribution in [0.25, 0.3) is 21.2 Å². The number of carbonyl (C=O) groups excluding carboxylic acids is 1. The van der Waals surface area contributed by atoms with Crippen LogP contribution in [0.2, 0.25) is 5.02 Å². The highest BCUT2D eigenvalue weighted by Gasteiger charge is 2.34. The van der Waals surface area contributed by atoms with Crippen LogP contribution < -0.4 is 4.72 Å². The number of hydrogen-bond acceptors (Lipinski definition) is 4. The fourth-order valence-electron chi connectivity index (χ4n) is 3.65. The molecule has 1 N–H and O–H groups in total. The average Bonchev–Trinajstić information content (AvgIpc) is 3.08. The van der Waals surface area contributed by atoms with Crippen molar-refractivity contribution in [1.29, 1.82) is 0 Å². The Labute approximate surface area is 176 Å². The quantitative estimate of drug-likeness (QED) is 0.397. The number of nitrogens with one attached hydrogen (secondary N) is 1. The molecule has 0 amide bonds. The van der Waals surface area contributed by atoms with Crippen molar-refractivity contribution in [3.8, 4) is 11.1 Å². The zero-order chi connectivity index (χ0) is 20.3. The first-order valence-corrected chi connectivity index (χ1v) is 11.5. The topological polar surface area (TPSA) is 63.2 Å². The lowest BCUT2D eigenvalue weighted by Gasteiger charge is -2.22. The predicted molar refractivity (Wildman–Crippen MR) is 118 cm³/mol. The Hall–Kier alpha value is -2.67. The molecule has 5 rings (SSSR count). The molecule has 0 atom stereocenters. The van der Waals surface area contributed by atoms with Gasteiger partial charge in [0.1, 0.15) is 4.21 Å². The van der Waals surface area contributed by atoms with Crippen LogP contribution >= 0.6 is 22.9 Å². The molecule has 0 saturated carbocycles. The van der Waals surface area contributed by atoms with E-state index in [1.807, 2.05) is 31.2 Å². The van der Waals surface area contributed by atoms with Crippen molar-refractivity contribution < 1.29 is 13.2 Å². The van der Waals surface area contributed by atoms with Gasteiger partial charge in [-0.1, -0.05) is 53.6 Å². The molecular weight excluding hydrogens is 426 g/mol. The van der Waals surface area contributed by atoms with Crippen LogP contribution in [-0.4, -0.2) is 14.2 Å². The van der Waals surface area contributed by atoms with Gasteiger partial charge in [0.05, 0.1) is 5.69 Å². The molecule has 4 aromatic rings. The summed E-state index contributed by atoms with van der Waals surface area (Å²) >= 11 is 7.59. The fraction of sp³-hybridized carbons (Fsp3) is 0.0455. The van der Waals surface area contributed by atoms with E-state index in [0.29, 0.717) is 21.7 Å². The lowest BCUT2D eigenvalue weighted by atomic mass is 9.95. The van der Waals surface area contributed by atoms with Gasteiger partial charge >= 0.3 is 0 Å². The van der Waals surface area contributed by atoms with Crippen LogP contribution in [0.15, 0.2) is 64.9 Å². The number of anilines is 1. The van der Waals surface area contributed by atoms with Crippen LogP contribution in [0.1, 0.15) is 21.5 Å². The van der Waals surface area contributed by atoms with E-state index in [0.717, 1.165) is 15.6 Å². The van der Waals surface area contributed by atoms with Crippen LogP contribution in [-0.2, 0) is 10.0 Å². The Bertz CT molecular complexity index is 1420. The van der Waals surface area contributed by atoms with Gasteiger partial charge in [-0.15, -0.1) is 11.3 Å². The summed E-state index contributed by atoms with van der Waals surface area (Å²) < 4.78 is 29.8. The van der Waals surface area contributed by atoms with Gasteiger partial charge in [0.25, 0.3) is 10.0 Å². The third-order valence-electron chi connectivity index (χ3n) is 4.94. The molecule has 1 aromatic heterocycles. The maximum absolute atomic E-state index is 13.2. The van der Waals surface area contributed by atoms with Crippen LogP contribution in [0.3, 0.4) is 0 Å². The van der Waals surface area contributed by atoms with Gasteiger partial charge in [-0.25, -0.2) is 8.42 Å². The number of hydrogen-bond donors (Lipinski definition) is 1. The summed E-state index contributed by atoms with van der Waals surface area (Å²) in [6.45, 7) is 1.96. The largest absolute Gasteiger partial charge is 0.289 e. The molecule has 0 bridgehead atoms. The summed E-state index contributed by atoms with van der Waals surface area (Å²) in [5.74, 6) is -0.286. The van der Waals surface area contributed by atoms with E-state index in [-0.39, 0.29) is 21.2 Å². The molecular formula is C22H14ClNO3S2. The van der Waals surface area contributed by atoms with Crippen LogP contribution in [0.5, 0.6) is 0 Å². The Morgan fingerprint density at radius 1 is 1.03 bits per heavy atom. The van der Waals surface area contributed by atoms with E-state index in [2.05, 4.69) is 4.72 Å². The lowest BCUT2D eigenvalue weighted by molar-refractivity contribution is 0.103. The smallest absolute Gasteiger partial charge is 0.272 e. The molecule has 7 heteroatoms. The molecule has 2 heterocycles. The molecule has 0 radical (unpaired) electrons. The molecule has 144 valence electrons. The molecule has 0 saturated heterocycles. The summed E-state index contributed by atoms with van der Waals surface area (Å²) in [6.07, 6.45) is 0. The van der Waals surface area contributed by atoms with Gasteiger partial charge in [-0.05, 0) is 31.2 Å². The SMILES string of the molecule is Cc1ccc2sc3c(c2c1)-c1cc(Cl)cc(C(=O)c2ccccc2)c1NS3(=O)=O. The van der Waals surface area contributed by atoms with E-state index in [1.54, 1.807) is 30.3 Å². The Morgan fingerprint density at radius 2 is 1.79 bits per heavy atom. The summed E-state index contributed by atoms with van der Waals surface area (Å²) in [5.41, 5.74) is 3.23. The average molecular weight is 440 g/mol. The molecule has 3 aromatic carbocycles. The predicted octanol–water partition coefficient (Wildman–Crippen LogP) is 5.88. The Morgan fingerprint density at radius 3 is 2.55 bits per heavy atom. The number of aryl methyl sites for hydroxylation is 1. The Balaban J connectivity index is 1.86. The van der Waals surface area contributed by atoms with Gasteiger partial charge < -0.3 is 0 Å². The number of halogens is 1. The van der Waals surface area contributed by atoms with Crippen molar-refractivity contribution in [3.05, 3.63) is 82.4 Å². The zero-order valence-corrected chi connectivity index (χ0v) is 17.6. The Kier molecular flexibility index (Phi) is 4.07. The van der Waals surface area contributed by atoms with E-state index in [1.165, 1.54) is 17.4 Å². The third-order valence-corrected chi connectivity index (χ3v) is 8.20. The molecule has 29 heavy (non-hydrogen) atoms. The summed E-state index contributed by atoms with van der Waals surface area (Å²) in [7, 11) is -3.81. The first-order valence-electron chi connectivity index (χ1n) is 8.85. The number of thiophene rings is 1. The lowest BCUT2D eigenvalue weighted by Crippen LogP contribution is -2.20.